The lowest BCUT2D eigenvalue weighted by molar-refractivity contribution is -0.247. The van der Waals surface area contributed by atoms with Crippen molar-refractivity contribution in [3.63, 3.8) is 0 Å². The largest absolute Gasteiger partial charge is 0.487 e. The number of hydrogen-bond acceptors (Lipinski definition) is 8. The average Bonchev–Trinajstić information content (AvgIpc) is 3.21. The van der Waals surface area contributed by atoms with Crippen molar-refractivity contribution in [3.8, 4) is 5.75 Å². The lowest BCUT2D eigenvalue weighted by atomic mass is 9.55. The van der Waals surface area contributed by atoms with Gasteiger partial charge in [-0.15, -0.1) is 0 Å². The van der Waals surface area contributed by atoms with Gasteiger partial charge in [-0.25, -0.2) is 9.98 Å². The SMILES string of the molecule is CC1(C)Oc2ccc(CC(=O)c3cnc(Cl)s3)cc2C2(COC(N)=N2)C12COC2. The molecule has 2 N–H and O–H groups in total. The first-order valence-electron chi connectivity index (χ1n) is 9.29. The summed E-state index contributed by atoms with van der Waals surface area (Å²) in [6, 6.07) is 5.95. The van der Waals surface area contributed by atoms with Crippen molar-refractivity contribution in [1.29, 1.82) is 0 Å². The summed E-state index contributed by atoms with van der Waals surface area (Å²) in [7, 11) is 0. The molecule has 1 aromatic carbocycles. The number of rotatable bonds is 3. The number of carbonyl (C=O) groups is 1. The predicted octanol–water partition coefficient (Wildman–Crippen LogP) is 2.95. The van der Waals surface area contributed by atoms with E-state index in [2.05, 4.69) is 18.8 Å². The standard InChI is InChI=1S/C20H20ClN3O4S/c1-18(2)19(8-26-9-19)20(10-27-17(22)24-20)12-5-11(3-4-14(12)28-18)6-13(25)15-7-23-16(21)29-15/h3-5,7H,6,8-10H2,1-2H3,(H2,22,24). The average molecular weight is 434 g/mol. The van der Waals surface area contributed by atoms with Crippen LogP contribution in [0.4, 0.5) is 0 Å². The second kappa shape index (κ2) is 6.17. The number of benzene rings is 1. The molecule has 29 heavy (non-hydrogen) atoms. The maximum atomic E-state index is 12.6. The molecule has 0 amide bonds. The maximum Gasteiger partial charge on any atom is 0.283 e. The minimum Gasteiger partial charge on any atom is -0.487 e. The highest BCUT2D eigenvalue weighted by Gasteiger charge is 2.71. The van der Waals surface area contributed by atoms with Gasteiger partial charge in [-0.1, -0.05) is 29.0 Å². The number of ketones is 1. The van der Waals surface area contributed by atoms with Crippen LogP contribution in [0, 0.1) is 5.41 Å². The van der Waals surface area contributed by atoms with E-state index in [1.807, 2.05) is 18.2 Å². The van der Waals surface area contributed by atoms with E-state index in [1.54, 1.807) is 0 Å². The molecule has 1 unspecified atom stereocenters. The lowest BCUT2D eigenvalue weighted by Gasteiger charge is -2.61. The van der Waals surface area contributed by atoms with Crippen molar-refractivity contribution in [2.24, 2.45) is 16.1 Å². The molecule has 2 aromatic rings. The first kappa shape index (κ1) is 18.8. The number of ether oxygens (including phenoxy) is 3. The highest BCUT2D eigenvalue weighted by molar-refractivity contribution is 7.17. The zero-order chi connectivity index (χ0) is 20.4. The molecule has 1 atom stereocenters. The quantitative estimate of drug-likeness (QED) is 0.747. The van der Waals surface area contributed by atoms with E-state index in [0.717, 1.165) is 16.9 Å². The Kier molecular flexibility index (Phi) is 4.01. The van der Waals surface area contributed by atoms with Crippen molar-refractivity contribution in [2.45, 2.75) is 31.4 Å². The zero-order valence-electron chi connectivity index (χ0n) is 16.0. The molecule has 9 heteroatoms. The molecule has 1 saturated heterocycles. The second-order valence-corrected chi connectivity index (χ2v) is 9.81. The highest BCUT2D eigenvalue weighted by Crippen LogP contribution is 2.62. The summed E-state index contributed by atoms with van der Waals surface area (Å²) in [5.41, 5.74) is 6.07. The number of carbonyl (C=O) groups excluding carboxylic acids is 1. The van der Waals surface area contributed by atoms with Gasteiger partial charge in [0.15, 0.2) is 10.3 Å². The highest BCUT2D eigenvalue weighted by atomic mass is 35.5. The third-order valence-electron chi connectivity index (χ3n) is 6.34. The molecule has 1 aromatic heterocycles. The van der Waals surface area contributed by atoms with Crippen LogP contribution in [-0.2, 0) is 21.4 Å². The molecule has 0 aliphatic carbocycles. The maximum absolute atomic E-state index is 12.6. The number of nitrogens with two attached hydrogens (primary N) is 1. The molecule has 0 bridgehead atoms. The molecule has 152 valence electrons. The molecule has 0 saturated carbocycles. The molecule has 1 fully saturated rings. The van der Waals surface area contributed by atoms with E-state index in [1.165, 1.54) is 17.5 Å². The first-order chi connectivity index (χ1) is 13.8. The van der Waals surface area contributed by atoms with Crippen LogP contribution in [0.25, 0.3) is 0 Å². The summed E-state index contributed by atoms with van der Waals surface area (Å²) in [5.74, 6) is 0.694. The van der Waals surface area contributed by atoms with E-state index in [0.29, 0.717) is 29.2 Å². The third kappa shape index (κ3) is 2.55. The van der Waals surface area contributed by atoms with Crippen molar-refractivity contribution in [1.82, 2.24) is 4.98 Å². The zero-order valence-corrected chi connectivity index (χ0v) is 17.6. The Morgan fingerprint density at radius 1 is 1.31 bits per heavy atom. The fourth-order valence-corrected chi connectivity index (χ4v) is 5.47. The van der Waals surface area contributed by atoms with Gasteiger partial charge >= 0.3 is 0 Å². The summed E-state index contributed by atoms with van der Waals surface area (Å²) in [6.45, 7) is 5.43. The summed E-state index contributed by atoms with van der Waals surface area (Å²) >= 11 is 7.05. The number of hydrogen-bond donors (Lipinski definition) is 1. The van der Waals surface area contributed by atoms with Crippen molar-refractivity contribution in [3.05, 3.63) is 44.9 Å². The van der Waals surface area contributed by atoms with Gasteiger partial charge in [0, 0.05) is 12.0 Å². The van der Waals surface area contributed by atoms with Crippen LogP contribution in [0.1, 0.15) is 34.6 Å². The number of thiazole rings is 1. The first-order valence-corrected chi connectivity index (χ1v) is 10.5. The fraction of sp³-hybridized carbons (Fsp3) is 0.450. The molecule has 0 radical (unpaired) electrons. The van der Waals surface area contributed by atoms with E-state index >= 15 is 0 Å². The number of aromatic nitrogens is 1. The monoisotopic (exact) mass is 433 g/mol. The van der Waals surface area contributed by atoms with Crippen LogP contribution in [-0.4, -0.2) is 42.2 Å². The summed E-state index contributed by atoms with van der Waals surface area (Å²) in [4.78, 5) is 21.9. The number of aliphatic imine (C=N–C) groups is 1. The summed E-state index contributed by atoms with van der Waals surface area (Å²) in [5, 5.41) is 0. The number of nitrogens with zero attached hydrogens (tertiary/aromatic N) is 2. The van der Waals surface area contributed by atoms with Crippen LogP contribution in [0.3, 0.4) is 0 Å². The molecular formula is C20H20ClN3O4S. The van der Waals surface area contributed by atoms with Gasteiger partial charge in [-0.3, -0.25) is 4.79 Å². The normalized spacial score (nSPS) is 25.7. The van der Waals surface area contributed by atoms with E-state index in [4.69, 9.17) is 36.5 Å². The predicted molar refractivity (Wildman–Crippen MR) is 109 cm³/mol. The van der Waals surface area contributed by atoms with Crippen molar-refractivity contribution in [2.75, 3.05) is 19.8 Å². The van der Waals surface area contributed by atoms with Crippen LogP contribution in [0.15, 0.2) is 29.4 Å². The summed E-state index contributed by atoms with van der Waals surface area (Å²) in [6.07, 6.45) is 1.74. The van der Waals surface area contributed by atoms with Gasteiger partial charge in [-0.05, 0) is 31.5 Å². The molecule has 4 heterocycles. The smallest absolute Gasteiger partial charge is 0.283 e. The number of Topliss-reactive ketones (excluding diaryl/α,β-unsaturated/α-hetero) is 1. The Bertz CT molecular complexity index is 1050. The van der Waals surface area contributed by atoms with Gasteiger partial charge in [0.05, 0.1) is 29.7 Å². The lowest BCUT2D eigenvalue weighted by Crippen LogP contribution is -2.71. The van der Waals surface area contributed by atoms with E-state index < -0.39 is 16.6 Å². The van der Waals surface area contributed by atoms with Crippen LogP contribution in [0.5, 0.6) is 5.75 Å². The van der Waals surface area contributed by atoms with Crippen molar-refractivity contribution < 1.29 is 19.0 Å². The van der Waals surface area contributed by atoms with Crippen LogP contribution in [0.2, 0.25) is 4.47 Å². The Labute approximate surface area is 176 Å². The molecule has 3 aliphatic rings. The Balaban J connectivity index is 1.58. The minimum atomic E-state index is -0.709. The van der Waals surface area contributed by atoms with E-state index in [-0.39, 0.29) is 18.2 Å². The topological polar surface area (TPSA) is 96.0 Å². The minimum absolute atomic E-state index is 0.0344. The Morgan fingerprint density at radius 2 is 2.10 bits per heavy atom. The third-order valence-corrected chi connectivity index (χ3v) is 7.50. The van der Waals surface area contributed by atoms with Gasteiger partial charge in [0.1, 0.15) is 23.5 Å². The molecule has 3 aliphatic heterocycles. The van der Waals surface area contributed by atoms with Gasteiger partial charge in [0.2, 0.25) is 0 Å². The number of halogens is 1. The van der Waals surface area contributed by atoms with Gasteiger partial charge in [-0.2, -0.15) is 0 Å². The van der Waals surface area contributed by atoms with Crippen molar-refractivity contribution >= 4 is 34.7 Å². The van der Waals surface area contributed by atoms with Crippen LogP contribution < -0.4 is 10.5 Å². The molecule has 7 nitrogen and oxygen atoms in total. The molecule has 2 spiro atoms. The Hall–Kier alpha value is -2.16. The van der Waals surface area contributed by atoms with Gasteiger partial charge in [0.25, 0.3) is 6.02 Å². The number of amidine groups is 1. The Morgan fingerprint density at radius 3 is 2.69 bits per heavy atom. The second-order valence-electron chi connectivity index (χ2n) is 8.19. The van der Waals surface area contributed by atoms with Crippen LogP contribution >= 0.6 is 22.9 Å². The van der Waals surface area contributed by atoms with E-state index in [9.17, 15) is 4.79 Å². The molecule has 5 rings (SSSR count). The fourth-order valence-electron chi connectivity index (χ4n) is 4.59. The molecular weight excluding hydrogens is 414 g/mol. The number of fused-ring (bicyclic) bond motifs is 3. The van der Waals surface area contributed by atoms with Gasteiger partial charge < -0.3 is 19.9 Å². The summed E-state index contributed by atoms with van der Waals surface area (Å²) < 4.78 is 18.0.